The van der Waals surface area contributed by atoms with Gasteiger partial charge in [-0.3, -0.25) is 14.7 Å². The van der Waals surface area contributed by atoms with E-state index in [2.05, 4.69) is 35.2 Å². The van der Waals surface area contributed by atoms with Gasteiger partial charge in [0.25, 0.3) is 0 Å². The zero-order chi connectivity index (χ0) is 15.8. The van der Waals surface area contributed by atoms with Gasteiger partial charge < -0.3 is 5.32 Å². The molecule has 0 bridgehead atoms. The van der Waals surface area contributed by atoms with Crippen molar-refractivity contribution < 1.29 is 4.79 Å². The molecule has 2 rings (SSSR count). The molecule has 122 valence electrons. The summed E-state index contributed by atoms with van der Waals surface area (Å²) in [6, 6.07) is 6.71. The molecular weight excluding hydrogens is 274 g/mol. The lowest BCUT2D eigenvalue weighted by Gasteiger charge is -2.27. The third-order valence-electron chi connectivity index (χ3n) is 4.61. The molecule has 4 nitrogen and oxygen atoms in total. The Morgan fingerprint density at radius 3 is 2.77 bits per heavy atom. The Bertz CT molecular complexity index is 443. The first-order valence-electron chi connectivity index (χ1n) is 8.61. The third-order valence-corrected chi connectivity index (χ3v) is 4.61. The van der Waals surface area contributed by atoms with Crippen molar-refractivity contribution in [3.8, 4) is 0 Å². The molecule has 1 atom stereocenters. The van der Waals surface area contributed by atoms with Gasteiger partial charge in [-0.25, -0.2) is 0 Å². The highest BCUT2D eigenvalue weighted by Crippen LogP contribution is 2.21. The monoisotopic (exact) mass is 303 g/mol. The molecule has 4 heteroatoms. The molecule has 0 saturated heterocycles. The Hall–Kier alpha value is -1.42. The maximum Gasteiger partial charge on any atom is 0.221 e. The van der Waals surface area contributed by atoms with E-state index >= 15 is 0 Å². The molecule has 1 aliphatic rings. The van der Waals surface area contributed by atoms with Crippen LogP contribution in [0.15, 0.2) is 24.4 Å². The highest BCUT2D eigenvalue weighted by molar-refractivity contribution is 5.76. The van der Waals surface area contributed by atoms with Gasteiger partial charge in [0.1, 0.15) is 0 Å². The Morgan fingerprint density at radius 1 is 1.36 bits per heavy atom. The zero-order valence-corrected chi connectivity index (χ0v) is 13.9. The molecule has 1 aromatic rings. The number of pyridine rings is 1. The Balaban J connectivity index is 1.78. The summed E-state index contributed by atoms with van der Waals surface area (Å²) in [5.74, 6) is 0.189. The quantitative estimate of drug-likeness (QED) is 0.840. The van der Waals surface area contributed by atoms with Crippen LogP contribution in [0.25, 0.3) is 0 Å². The molecule has 1 aromatic heterocycles. The first-order valence-corrected chi connectivity index (χ1v) is 8.61. The van der Waals surface area contributed by atoms with Gasteiger partial charge in [-0.2, -0.15) is 0 Å². The van der Waals surface area contributed by atoms with E-state index in [9.17, 15) is 4.79 Å². The first kappa shape index (κ1) is 16.9. The maximum absolute atomic E-state index is 12.1. The second-order valence-corrected chi connectivity index (χ2v) is 6.31. The normalized spacial score (nSPS) is 17.4. The van der Waals surface area contributed by atoms with Gasteiger partial charge in [-0.15, -0.1) is 0 Å². The highest BCUT2D eigenvalue weighted by Gasteiger charge is 2.19. The van der Waals surface area contributed by atoms with Crippen LogP contribution in [0.5, 0.6) is 0 Å². The number of carbonyl (C=O) groups excluding carboxylic acids is 1. The van der Waals surface area contributed by atoms with Crippen LogP contribution in [-0.4, -0.2) is 35.4 Å². The molecule has 1 amide bonds. The van der Waals surface area contributed by atoms with E-state index in [0.717, 1.165) is 31.5 Å². The average molecular weight is 303 g/mol. The molecule has 0 aromatic carbocycles. The number of hydrogen-bond acceptors (Lipinski definition) is 3. The molecule has 1 N–H and O–H groups in total. The molecule has 0 spiro atoms. The van der Waals surface area contributed by atoms with Gasteiger partial charge >= 0.3 is 0 Å². The lowest BCUT2D eigenvalue weighted by Crippen LogP contribution is -2.38. The van der Waals surface area contributed by atoms with Crippen molar-refractivity contribution in [3.05, 3.63) is 30.1 Å². The molecule has 1 aliphatic carbocycles. The van der Waals surface area contributed by atoms with Gasteiger partial charge in [-0.1, -0.05) is 32.3 Å². The summed E-state index contributed by atoms with van der Waals surface area (Å²) in [4.78, 5) is 18.8. The molecule has 1 saturated carbocycles. The molecule has 0 unspecified atom stereocenters. The molecule has 1 fully saturated rings. The second kappa shape index (κ2) is 8.89. The largest absolute Gasteiger partial charge is 0.353 e. The lowest BCUT2D eigenvalue weighted by atomic mass is 9.95. The first-order chi connectivity index (χ1) is 10.7. The van der Waals surface area contributed by atoms with Gasteiger partial charge in [0, 0.05) is 25.2 Å². The minimum Gasteiger partial charge on any atom is -0.353 e. The number of rotatable bonds is 7. The fourth-order valence-electron chi connectivity index (χ4n) is 3.30. The van der Waals surface area contributed by atoms with Crippen LogP contribution in [0.4, 0.5) is 0 Å². The maximum atomic E-state index is 12.1. The van der Waals surface area contributed by atoms with Crippen LogP contribution in [0, 0.1) is 0 Å². The van der Waals surface area contributed by atoms with Crippen LogP contribution in [0.2, 0.25) is 0 Å². The van der Waals surface area contributed by atoms with E-state index in [1.165, 1.54) is 19.3 Å². The van der Waals surface area contributed by atoms with Crippen LogP contribution in [0.1, 0.15) is 63.6 Å². The summed E-state index contributed by atoms with van der Waals surface area (Å²) in [5, 5.41) is 3.19. The zero-order valence-electron chi connectivity index (χ0n) is 13.9. The number of nitrogens with zero attached hydrogens (tertiary/aromatic N) is 2. The minimum atomic E-state index is 0.189. The summed E-state index contributed by atoms with van der Waals surface area (Å²) in [6.45, 7) is 2.94. The second-order valence-electron chi connectivity index (χ2n) is 6.31. The van der Waals surface area contributed by atoms with Crippen molar-refractivity contribution in [2.24, 2.45) is 0 Å². The number of carbonyl (C=O) groups is 1. The lowest BCUT2D eigenvalue weighted by molar-refractivity contribution is -0.122. The minimum absolute atomic E-state index is 0.189. The van der Waals surface area contributed by atoms with Gasteiger partial charge in [0.2, 0.25) is 5.91 Å². The molecule has 0 aliphatic heterocycles. The highest BCUT2D eigenvalue weighted by atomic mass is 16.1. The van der Waals surface area contributed by atoms with E-state index in [1.54, 1.807) is 0 Å². The van der Waals surface area contributed by atoms with E-state index < -0.39 is 0 Å². The van der Waals surface area contributed by atoms with Gasteiger partial charge in [0.15, 0.2) is 0 Å². The number of amides is 1. The van der Waals surface area contributed by atoms with Crippen LogP contribution in [0.3, 0.4) is 0 Å². The van der Waals surface area contributed by atoms with Crippen molar-refractivity contribution in [2.75, 3.05) is 13.6 Å². The predicted octanol–water partition coefficient (Wildman–Crippen LogP) is 3.30. The number of nitrogens with one attached hydrogen (secondary N) is 1. The van der Waals surface area contributed by atoms with Gasteiger partial charge in [0.05, 0.1) is 11.7 Å². The summed E-state index contributed by atoms with van der Waals surface area (Å²) in [5.41, 5.74) is 1.08. The Labute approximate surface area is 134 Å². The predicted molar refractivity (Wildman–Crippen MR) is 89.5 cm³/mol. The summed E-state index contributed by atoms with van der Waals surface area (Å²) < 4.78 is 0. The smallest absolute Gasteiger partial charge is 0.221 e. The summed E-state index contributed by atoms with van der Waals surface area (Å²) >= 11 is 0. The molecule has 1 heterocycles. The van der Waals surface area contributed by atoms with Gasteiger partial charge in [-0.05, 0) is 38.4 Å². The van der Waals surface area contributed by atoms with Crippen LogP contribution >= 0.6 is 0 Å². The number of hydrogen-bond donors (Lipinski definition) is 1. The number of aromatic nitrogens is 1. The van der Waals surface area contributed by atoms with E-state index in [-0.39, 0.29) is 11.9 Å². The van der Waals surface area contributed by atoms with Crippen molar-refractivity contribution in [1.82, 2.24) is 15.2 Å². The molecule has 0 radical (unpaired) electrons. The van der Waals surface area contributed by atoms with Crippen LogP contribution in [-0.2, 0) is 4.79 Å². The molecular formula is C18H29N3O. The standard InChI is InChI=1S/C18H29N3O/c1-3-17(16-11-7-8-13-19-16)21(2)14-12-18(22)20-15-9-5-4-6-10-15/h7-8,11,13,15,17H,3-6,9-10,12,14H2,1-2H3,(H,20,22)/t17-/m0/s1. The fourth-order valence-corrected chi connectivity index (χ4v) is 3.30. The summed E-state index contributed by atoms with van der Waals surface area (Å²) in [6.07, 6.45) is 9.51. The Morgan fingerprint density at radius 2 is 2.14 bits per heavy atom. The van der Waals surface area contributed by atoms with Crippen molar-refractivity contribution in [1.29, 1.82) is 0 Å². The van der Waals surface area contributed by atoms with Crippen molar-refractivity contribution in [3.63, 3.8) is 0 Å². The third kappa shape index (κ3) is 5.09. The van der Waals surface area contributed by atoms with Crippen molar-refractivity contribution >= 4 is 5.91 Å². The van der Waals surface area contributed by atoms with E-state index in [4.69, 9.17) is 0 Å². The SMILES string of the molecule is CC[C@@H](c1ccccn1)N(C)CCC(=O)NC1CCCCC1. The molecule has 22 heavy (non-hydrogen) atoms. The topological polar surface area (TPSA) is 45.2 Å². The van der Waals surface area contributed by atoms with Crippen LogP contribution < -0.4 is 5.32 Å². The summed E-state index contributed by atoms with van der Waals surface area (Å²) in [7, 11) is 2.08. The van der Waals surface area contributed by atoms with Crippen molar-refractivity contribution in [2.45, 2.75) is 64.0 Å². The average Bonchev–Trinajstić information content (AvgIpc) is 2.55. The van der Waals surface area contributed by atoms with E-state index in [1.807, 2.05) is 18.3 Å². The van der Waals surface area contributed by atoms with E-state index in [0.29, 0.717) is 12.5 Å². The Kier molecular flexibility index (Phi) is 6.84. The fraction of sp³-hybridized carbons (Fsp3) is 0.667.